The van der Waals surface area contributed by atoms with E-state index < -0.39 is 0 Å². The van der Waals surface area contributed by atoms with Gasteiger partial charge >= 0.3 is 6.03 Å². The Bertz CT molecular complexity index is 949. The molecule has 31 heavy (non-hydrogen) atoms. The molecule has 7 nitrogen and oxygen atoms in total. The number of nitrogens with one attached hydrogen (secondary N) is 1. The van der Waals surface area contributed by atoms with Crippen molar-refractivity contribution in [3.05, 3.63) is 65.7 Å². The zero-order valence-electron chi connectivity index (χ0n) is 18.8. The summed E-state index contributed by atoms with van der Waals surface area (Å²) in [6.45, 7) is 5.64. The molecule has 0 aromatic heterocycles. The lowest BCUT2D eigenvalue weighted by molar-refractivity contribution is -0.133. The minimum absolute atomic E-state index is 0.0648. The molecular weight excluding hydrogens is 392 g/mol. The Balaban J connectivity index is 1.82. The average molecular weight is 423 g/mol. The summed E-state index contributed by atoms with van der Waals surface area (Å²) in [6.07, 6.45) is 0.597. The maximum atomic E-state index is 13.2. The van der Waals surface area contributed by atoms with E-state index in [1.54, 1.807) is 14.2 Å². The van der Waals surface area contributed by atoms with Crippen molar-refractivity contribution in [2.45, 2.75) is 38.8 Å². The average Bonchev–Trinajstić information content (AvgIpc) is 3.19. The van der Waals surface area contributed by atoms with Gasteiger partial charge in [0.05, 0.1) is 18.9 Å². The highest BCUT2D eigenvalue weighted by molar-refractivity contribution is 6.03. The highest BCUT2D eigenvalue weighted by atomic mass is 16.5. The molecular formula is C24H30N4O3. The second kappa shape index (κ2) is 9.20. The Kier molecular flexibility index (Phi) is 6.63. The molecule has 0 fully saturated rings. The van der Waals surface area contributed by atoms with Gasteiger partial charge in [-0.3, -0.25) is 4.79 Å². The number of urea groups is 1. The normalized spacial score (nSPS) is 16.0. The quantitative estimate of drug-likeness (QED) is 0.796. The third-order valence-electron chi connectivity index (χ3n) is 4.97. The lowest BCUT2D eigenvalue weighted by Crippen LogP contribution is -2.49. The highest BCUT2D eigenvalue weighted by Crippen LogP contribution is 2.33. The van der Waals surface area contributed by atoms with Gasteiger partial charge in [0, 0.05) is 19.0 Å². The van der Waals surface area contributed by atoms with Gasteiger partial charge in [-0.05, 0) is 56.2 Å². The van der Waals surface area contributed by atoms with Crippen LogP contribution in [-0.4, -0.2) is 53.8 Å². The lowest BCUT2D eigenvalue weighted by atomic mass is 9.98. The maximum Gasteiger partial charge on any atom is 0.318 e. The molecule has 1 N–H and O–H groups in total. The molecule has 0 saturated heterocycles. The Morgan fingerprint density at radius 3 is 2.35 bits per heavy atom. The summed E-state index contributed by atoms with van der Waals surface area (Å²) >= 11 is 0. The molecule has 2 aromatic rings. The number of hydrazone groups is 1. The fourth-order valence-corrected chi connectivity index (χ4v) is 3.40. The fraction of sp³-hybridized carbons (Fsp3) is 0.375. The van der Waals surface area contributed by atoms with Gasteiger partial charge in [-0.1, -0.05) is 30.3 Å². The largest absolute Gasteiger partial charge is 0.497 e. The van der Waals surface area contributed by atoms with Crippen molar-refractivity contribution >= 4 is 17.6 Å². The van der Waals surface area contributed by atoms with E-state index in [4.69, 9.17) is 4.74 Å². The highest BCUT2D eigenvalue weighted by Gasteiger charge is 2.34. The van der Waals surface area contributed by atoms with Gasteiger partial charge in [0.25, 0.3) is 5.91 Å². The number of rotatable bonds is 5. The molecule has 0 spiro atoms. The minimum atomic E-state index is -0.381. The molecule has 0 aliphatic carbocycles. The first kappa shape index (κ1) is 22.3. The monoisotopic (exact) mass is 422 g/mol. The van der Waals surface area contributed by atoms with Crippen LogP contribution in [0.3, 0.4) is 0 Å². The predicted molar refractivity (Wildman–Crippen MR) is 121 cm³/mol. The SMILES string of the molecule is COc1ccc(C2=NN(C(=O)CN(C)C(=O)NC(C)(C)C)[C@@H](c3ccccc3)C2)cc1. The van der Waals surface area contributed by atoms with Crippen molar-refractivity contribution in [3.63, 3.8) is 0 Å². The van der Waals surface area contributed by atoms with Gasteiger partial charge in [0.2, 0.25) is 0 Å². The van der Waals surface area contributed by atoms with E-state index in [0.29, 0.717) is 6.42 Å². The summed E-state index contributed by atoms with van der Waals surface area (Å²) in [5, 5.41) is 9.04. The Morgan fingerprint density at radius 1 is 1.13 bits per heavy atom. The van der Waals surface area contributed by atoms with Crippen molar-refractivity contribution in [1.29, 1.82) is 0 Å². The molecule has 3 amide bonds. The Labute approximate surface area is 183 Å². The number of amides is 3. The lowest BCUT2D eigenvalue weighted by Gasteiger charge is -2.27. The van der Waals surface area contributed by atoms with E-state index in [1.165, 1.54) is 9.91 Å². The number of methoxy groups -OCH3 is 1. The van der Waals surface area contributed by atoms with E-state index in [9.17, 15) is 9.59 Å². The Hall–Kier alpha value is -3.35. The fourth-order valence-electron chi connectivity index (χ4n) is 3.40. The molecule has 1 heterocycles. The molecule has 2 aromatic carbocycles. The molecule has 164 valence electrons. The van der Waals surface area contributed by atoms with Gasteiger partial charge in [-0.15, -0.1) is 0 Å². The molecule has 3 rings (SSSR count). The van der Waals surface area contributed by atoms with Crippen LogP contribution in [0.2, 0.25) is 0 Å². The van der Waals surface area contributed by atoms with Crippen LogP contribution in [0.5, 0.6) is 5.75 Å². The molecule has 0 saturated carbocycles. The predicted octanol–water partition coefficient (Wildman–Crippen LogP) is 3.81. The van der Waals surface area contributed by atoms with Crippen LogP contribution >= 0.6 is 0 Å². The topological polar surface area (TPSA) is 74.2 Å². The van der Waals surface area contributed by atoms with Crippen molar-refractivity contribution in [2.24, 2.45) is 5.10 Å². The number of nitrogens with zero attached hydrogens (tertiary/aromatic N) is 3. The van der Waals surface area contributed by atoms with E-state index >= 15 is 0 Å². The summed E-state index contributed by atoms with van der Waals surface area (Å²) in [5.41, 5.74) is 2.39. The Morgan fingerprint density at radius 2 is 1.77 bits per heavy atom. The first-order valence-electron chi connectivity index (χ1n) is 10.3. The summed E-state index contributed by atoms with van der Waals surface area (Å²) < 4.78 is 5.23. The molecule has 1 aliphatic rings. The molecule has 0 unspecified atom stereocenters. The first-order valence-corrected chi connectivity index (χ1v) is 10.3. The van der Waals surface area contributed by atoms with Gasteiger partial charge < -0.3 is 15.0 Å². The number of ether oxygens (including phenoxy) is 1. The summed E-state index contributed by atoms with van der Waals surface area (Å²) in [4.78, 5) is 27.0. The van der Waals surface area contributed by atoms with Crippen molar-refractivity contribution in [3.8, 4) is 5.75 Å². The summed E-state index contributed by atoms with van der Waals surface area (Å²) in [5.74, 6) is 0.533. The molecule has 1 aliphatic heterocycles. The van der Waals surface area contributed by atoms with Crippen molar-refractivity contribution in [2.75, 3.05) is 20.7 Å². The van der Waals surface area contributed by atoms with Crippen LogP contribution < -0.4 is 10.1 Å². The van der Waals surface area contributed by atoms with Crippen LogP contribution in [-0.2, 0) is 4.79 Å². The number of hydrogen-bond donors (Lipinski definition) is 1. The zero-order valence-corrected chi connectivity index (χ0v) is 18.8. The van der Waals surface area contributed by atoms with Crippen LogP contribution in [0.4, 0.5) is 4.79 Å². The van der Waals surface area contributed by atoms with Gasteiger partial charge in [-0.2, -0.15) is 5.10 Å². The second-order valence-electron chi connectivity index (χ2n) is 8.68. The smallest absolute Gasteiger partial charge is 0.318 e. The van der Waals surface area contributed by atoms with E-state index in [2.05, 4.69) is 10.4 Å². The molecule has 7 heteroatoms. The number of likely N-dealkylation sites (N-methyl/N-ethyl adjacent to an activating group) is 1. The molecule has 1 atom stereocenters. The molecule has 0 bridgehead atoms. The first-order chi connectivity index (χ1) is 14.7. The number of benzene rings is 2. The minimum Gasteiger partial charge on any atom is -0.497 e. The number of carbonyl (C=O) groups is 2. The summed E-state index contributed by atoms with van der Waals surface area (Å²) in [6, 6.07) is 17.0. The van der Waals surface area contributed by atoms with Crippen molar-refractivity contribution in [1.82, 2.24) is 15.2 Å². The van der Waals surface area contributed by atoms with E-state index in [-0.39, 0.29) is 30.1 Å². The van der Waals surface area contributed by atoms with Crippen LogP contribution in [0.15, 0.2) is 59.7 Å². The zero-order chi connectivity index (χ0) is 22.6. The van der Waals surface area contributed by atoms with Gasteiger partial charge in [0.1, 0.15) is 12.3 Å². The standard InChI is InChI=1S/C24H30N4O3/c1-24(2,3)25-23(30)27(4)16-22(29)28-21(18-9-7-6-8-10-18)15-20(26-28)17-11-13-19(31-5)14-12-17/h6-14,21H,15-16H2,1-5H3,(H,25,30)/t21-/m1/s1. The van der Waals surface area contributed by atoms with Crippen LogP contribution in [0.1, 0.15) is 44.4 Å². The number of carbonyl (C=O) groups excluding carboxylic acids is 2. The van der Waals surface area contributed by atoms with Crippen LogP contribution in [0, 0.1) is 0 Å². The van der Waals surface area contributed by atoms with Crippen molar-refractivity contribution < 1.29 is 14.3 Å². The third kappa shape index (κ3) is 5.63. The maximum absolute atomic E-state index is 13.2. The van der Waals surface area contributed by atoms with Gasteiger partial charge in [0.15, 0.2) is 0 Å². The second-order valence-corrected chi connectivity index (χ2v) is 8.68. The third-order valence-corrected chi connectivity index (χ3v) is 4.97. The van der Waals surface area contributed by atoms with Crippen LogP contribution in [0.25, 0.3) is 0 Å². The molecule has 0 radical (unpaired) electrons. The van der Waals surface area contributed by atoms with E-state index in [0.717, 1.165) is 22.6 Å². The number of hydrogen-bond acceptors (Lipinski definition) is 4. The van der Waals surface area contributed by atoms with Gasteiger partial charge in [-0.25, -0.2) is 9.80 Å². The van der Waals surface area contributed by atoms with E-state index in [1.807, 2.05) is 75.4 Å². The summed E-state index contributed by atoms with van der Waals surface area (Å²) in [7, 11) is 3.24.